The van der Waals surface area contributed by atoms with E-state index >= 15 is 0 Å². The van der Waals surface area contributed by atoms with E-state index in [1.807, 2.05) is 0 Å². The first-order chi connectivity index (χ1) is 10.8. The van der Waals surface area contributed by atoms with Crippen LogP contribution in [0.25, 0.3) is 0 Å². The van der Waals surface area contributed by atoms with Gasteiger partial charge in [-0.1, -0.05) is 11.6 Å². The number of carboxylic acids is 1. The van der Waals surface area contributed by atoms with Crippen molar-refractivity contribution in [3.63, 3.8) is 0 Å². The number of thioether (sulfide) groups is 1. The Hall–Kier alpha value is -1.73. The molecule has 1 aromatic rings. The summed E-state index contributed by atoms with van der Waals surface area (Å²) in [6.07, 6.45) is 0. The van der Waals surface area contributed by atoms with Gasteiger partial charge in [-0.2, -0.15) is 0 Å². The van der Waals surface area contributed by atoms with Crippen molar-refractivity contribution >= 4 is 41.1 Å². The van der Waals surface area contributed by atoms with Crippen LogP contribution in [-0.4, -0.2) is 52.7 Å². The van der Waals surface area contributed by atoms with E-state index in [1.165, 1.54) is 30.5 Å². The van der Waals surface area contributed by atoms with E-state index in [2.05, 4.69) is 5.32 Å². The van der Waals surface area contributed by atoms with Crippen LogP contribution in [0, 0.1) is 0 Å². The molecule has 0 aliphatic heterocycles. The van der Waals surface area contributed by atoms with Gasteiger partial charge in [-0.3, -0.25) is 9.59 Å². The summed E-state index contributed by atoms with van der Waals surface area (Å²) >= 11 is 7.10. The van der Waals surface area contributed by atoms with E-state index < -0.39 is 12.0 Å². The fourth-order valence-corrected chi connectivity index (χ4v) is 2.69. The fourth-order valence-electron chi connectivity index (χ4n) is 1.78. The van der Waals surface area contributed by atoms with Gasteiger partial charge in [-0.25, -0.2) is 4.79 Å². The summed E-state index contributed by atoms with van der Waals surface area (Å²) in [6.45, 7) is 3.17. The van der Waals surface area contributed by atoms with Gasteiger partial charge < -0.3 is 15.3 Å². The van der Waals surface area contributed by atoms with Crippen LogP contribution < -0.4 is 5.32 Å². The quantitative estimate of drug-likeness (QED) is 0.693. The Morgan fingerprint density at radius 1 is 1.30 bits per heavy atom. The van der Waals surface area contributed by atoms with Crippen molar-refractivity contribution < 1.29 is 19.5 Å². The van der Waals surface area contributed by atoms with Gasteiger partial charge in [0.1, 0.15) is 6.04 Å². The number of hydrogen-bond donors (Lipinski definition) is 2. The molecule has 1 aromatic carbocycles. The Bertz CT molecular complexity index is 565. The Balaban J connectivity index is 2.64. The van der Waals surface area contributed by atoms with E-state index in [0.717, 1.165) is 4.90 Å². The van der Waals surface area contributed by atoms with Crippen LogP contribution in [0.15, 0.2) is 29.2 Å². The first kappa shape index (κ1) is 19.3. The lowest BCUT2D eigenvalue weighted by Crippen LogP contribution is -2.47. The smallest absolute Gasteiger partial charge is 0.326 e. The van der Waals surface area contributed by atoms with E-state index in [4.69, 9.17) is 16.7 Å². The van der Waals surface area contributed by atoms with Crippen molar-refractivity contribution in [1.82, 2.24) is 10.2 Å². The zero-order valence-corrected chi connectivity index (χ0v) is 14.5. The molecule has 6 nitrogen and oxygen atoms in total. The normalized spacial score (nSPS) is 11.6. The molecule has 0 aliphatic carbocycles. The summed E-state index contributed by atoms with van der Waals surface area (Å²) in [5.41, 5.74) is 0. The number of benzene rings is 1. The molecule has 126 valence electrons. The van der Waals surface area contributed by atoms with Gasteiger partial charge in [0.2, 0.25) is 11.8 Å². The van der Waals surface area contributed by atoms with Crippen LogP contribution in [0.3, 0.4) is 0 Å². The van der Waals surface area contributed by atoms with Crippen molar-refractivity contribution in [1.29, 1.82) is 0 Å². The second-order valence-corrected chi connectivity index (χ2v) is 6.31. The largest absolute Gasteiger partial charge is 0.480 e. The molecule has 0 heterocycles. The molecule has 23 heavy (non-hydrogen) atoms. The molecule has 2 N–H and O–H groups in total. The van der Waals surface area contributed by atoms with Crippen LogP contribution in [0.2, 0.25) is 5.02 Å². The molecule has 1 rings (SSSR count). The summed E-state index contributed by atoms with van der Waals surface area (Å²) in [5.74, 6) is -1.50. The van der Waals surface area contributed by atoms with Crippen LogP contribution >= 0.6 is 23.4 Å². The van der Waals surface area contributed by atoms with Crippen LogP contribution in [0.4, 0.5) is 0 Å². The maximum Gasteiger partial charge on any atom is 0.326 e. The lowest BCUT2D eigenvalue weighted by atomic mass is 10.2. The third-order valence-corrected chi connectivity index (χ3v) is 4.30. The van der Waals surface area contributed by atoms with Crippen molar-refractivity contribution in [3.8, 4) is 0 Å². The number of aliphatic carboxylic acids is 1. The highest BCUT2D eigenvalue weighted by atomic mass is 35.5. The molecule has 0 spiro atoms. The molecule has 0 radical (unpaired) electrons. The second-order valence-electron chi connectivity index (χ2n) is 4.83. The average molecular weight is 359 g/mol. The zero-order valence-electron chi connectivity index (χ0n) is 12.9. The topological polar surface area (TPSA) is 86.7 Å². The molecule has 1 atom stereocenters. The van der Waals surface area contributed by atoms with Crippen molar-refractivity contribution in [3.05, 3.63) is 29.3 Å². The SMILES string of the molecule is CC(=O)NCCN(C(=O)CSc1ccc(Cl)cc1)C(C)C(=O)O. The van der Waals surface area contributed by atoms with E-state index in [9.17, 15) is 14.4 Å². The monoisotopic (exact) mass is 358 g/mol. The third-order valence-electron chi connectivity index (χ3n) is 3.05. The van der Waals surface area contributed by atoms with Crippen molar-refractivity contribution in [2.45, 2.75) is 24.8 Å². The number of carbonyl (C=O) groups is 3. The predicted molar refractivity (Wildman–Crippen MR) is 89.7 cm³/mol. The van der Waals surface area contributed by atoms with Gasteiger partial charge in [-0.05, 0) is 31.2 Å². The van der Waals surface area contributed by atoms with Gasteiger partial charge in [0.25, 0.3) is 0 Å². The number of carboxylic acid groups (broad SMARTS) is 1. The molecule has 0 bridgehead atoms. The predicted octanol–water partition coefficient (Wildman–Crippen LogP) is 1.87. The summed E-state index contributed by atoms with van der Waals surface area (Å²) in [7, 11) is 0. The Morgan fingerprint density at radius 2 is 1.91 bits per heavy atom. The molecular formula is C15H19ClN2O4S. The molecule has 0 fully saturated rings. The van der Waals surface area contributed by atoms with Gasteiger partial charge in [0.05, 0.1) is 5.75 Å². The zero-order chi connectivity index (χ0) is 17.4. The molecule has 0 saturated heterocycles. The standard InChI is InChI=1S/C15H19ClN2O4S/c1-10(15(21)22)18(8-7-17-11(2)19)14(20)9-23-13-5-3-12(16)4-6-13/h3-6,10H,7-9H2,1-2H3,(H,17,19)(H,21,22). The molecule has 8 heteroatoms. The Labute approximate surface area is 144 Å². The Kier molecular flexibility index (Phi) is 7.91. The van der Waals surface area contributed by atoms with E-state index in [1.54, 1.807) is 24.3 Å². The molecule has 2 amide bonds. The summed E-state index contributed by atoms with van der Waals surface area (Å²) in [4.78, 5) is 36.5. The minimum atomic E-state index is -1.09. The van der Waals surface area contributed by atoms with Crippen molar-refractivity contribution in [2.24, 2.45) is 0 Å². The summed E-state index contributed by atoms with van der Waals surface area (Å²) in [5, 5.41) is 12.3. The highest BCUT2D eigenvalue weighted by Gasteiger charge is 2.25. The van der Waals surface area contributed by atoms with Crippen LogP contribution in [0.1, 0.15) is 13.8 Å². The number of halogens is 1. The average Bonchev–Trinajstić information content (AvgIpc) is 2.49. The van der Waals surface area contributed by atoms with Crippen LogP contribution in [-0.2, 0) is 14.4 Å². The molecule has 0 aliphatic rings. The lowest BCUT2D eigenvalue weighted by Gasteiger charge is -2.26. The number of nitrogens with zero attached hydrogens (tertiary/aromatic N) is 1. The molecule has 0 aromatic heterocycles. The van der Waals surface area contributed by atoms with Gasteiger partial charge >= 0.3 is 5.97 Å². The number of nitrogens with one attached hydrogen (secondary N) is 1. The number of carbonyl (C=O) groups excluding carboxylic acids is 2. The van der Waals surface area contributed by atoms with Gasteiger partial charge in [-0.15, -0.1) is 11.8 Å². The number of amides is 2. The molecule has 1 unspecified atom stereocenters. The molecular weight excluding hydrogens is 340 g/mol. The highest BCUT2D eigenvalue weighted by molar-refractivity contribution is 8.00. The van der Waals surface area contributed by atoms with Crippen LogP contribution in [0.5, 0.6) is 0 Å². The first-order valence-electron chi connectivity index (χ1n) is 6.96. The van der Waals surface area contributed by atoms with E-state index in [0.29, 0.717) is 5.02 Å². The second kappa shape index (κ2) is 9.42. The van der Waals surface area contributed by atoms with Crippen molar-refractivity contribution in [2.75, 3.05) is 18.8 Å². The highest BCUT2D eigenvalue weighted by Crippen LogP contribution is 2.21. The third kappa shape index (κ3) is 6.92. The van der Waals surface area contributed by atoms with Gasteiger partial charge in [0, 0.05) is 29.9 Å². The minimum Gasteiger partial charge on any atom is -0.480 e. The summed E-state index contributed by atoms with van der Waals surface area (Å²) in [6, 6.07) is 6.08. The maximum atomic E-state index is 12.3. The number of rotatable bonds is 8. The van der Waals surface area contributed by atoms with Gasteiger partial charge in [0.15, 0.2) is 0 Å². The molecule has 0 saturated carbocycles. The Morgan fingerprint density at radius 3 is 2.43 bits per heavy atom. The maximum absolute atomic E-state index is 12.3. The lowest BCUT2D eigenvalue weighted by molar-refractivity contribution is -0.148. The minimum absolute atomic E-state index is 0.110. The summed E-state index contributed by atoms with van der Waals surface area (Å²) < 4.78 is 0. The van der Waals surface area contributed by atoms with E-state index in [-0.39, 0.29) is 30.7 Å². The first-order valence-corrected chi connectivity index (χ1v) is 8.32. The number of hydrogen-bond acceptors (Lipinski definition) is 4. The fraction of sp³-hybridized carbons (Fsp3) is 0.400.